The van der Waals surface area contributed by atoms with E-state index in [0.717, 1.165) is 0 Å². The Morgan fingerprint density at radius 3 is 2.47 bits per heavy atom. The van der Waals surface area contributed by atoms with Gasteiger partial charge < -0.3 is 16.0 Å². The van der Waals surface area contributed by atoms with E-state index in [1.165, 1.54) is 16.6 Å². The quantitative estimate of drug-likeness (QED) is 0.771. The topological polar surface area (TPSA) is 93.2 Å². The van der Waals surface area contributed by atoms with Crippen molar-refractivity contribution in [3.63, 3.8) is 0 Å². The van der Waals surface area contributed by atoms with E-state index in [-0.39, 0.29) is 18.4 Å². The molecule has 0 bridgehead atoms. The van der Waals surface area contributed by atoms with Crippen molar-refractivity contribution in [1.82, 2.24) is 20.0 Å². The Hall–Kier alpha value is -2.05. The molecule has 1 aromatic rings. The third kappa shape index (κ3) is 3.04. The minimum Gasteiger partial charge on any atom is -0.395 e. The molecule has 0 saturated heterocycles. The summed E-state index contributed by atoms with van der Waals surface area (Å²) in [5, 5.41) is 6.70. The Morgan fingerprint density at radius 2 is 2.05 bits per heavy atom. The average molecular weight is 267 g/mol. The monoisotopic (exact) mass is 267 g/mol. The zero-order valence-electron chi connectivity index (χ0n) is 11.9. The number of nitrogens with two attached hydrogens (primary N) is 1. The van der Waals surface area contributed by atoms with Crippen LogP contribution in [0.3, 0.4) is 0 Å². The van der Waals surface area contributed by atoms with E-state index in [9.17, 15) is 9.59 Å². The summed E-state index contributed by atoms with van der Waals surface area (Å²) >= 11 is 0. The molecule has 7 nitrogen and oxygen atoms in total. The summed E-state index contributed by atoms with van der Waals surface area (Å²) in [6, 6.07) is 0. The second kappa shape index (κ2) is 6.21. The first-order valence-electron chi connectivity index (χ1n) is 6.27. The van der Waals surface area contributed by atoms with Crippen LogP contribution in [0.2, 0.25) is 0 Å². The summed E-state index contributed by atoms with van der Waals surface area (Å²) in [6.07, 6.45) is 0.661. The van der Waals surface area contributed by atoms with E-state index >= 15 is 0 Å². The maximum absolute atomic E-state index is 12.4. The van der Waals surface area contributed by atoms with Gasteiger partial charge in [-0.05, 0) is 13.3 Å². The van der Waals surface area contributed by atoms with Crippen LogP contribution in [0.15, 0.2) is 0 Å². The standard InChI is InChI=1S/C12H21N5O2/c1-5-8-10(13)11(16(4)15-8)12(19)17(6-2)7-9(18)14-3/h5-7,13H2,1-4H3,(H,14,18). The maximum atomic E-state index is 12.4. The Labute approximate surface area is 112 Å². The zero-order valence-corrected chi connectivity index (χ0v) is 11.9. The van der Waals surface area contributed by atoms with Gasteiger partial charge in [0, 0.05) is 20.6 Å². The minimum atomic E-state index is -0.279. The van der Waals surface area contributed by atoms with Gasteiger partial charge in [-0.25, -0.2) is 0 Å². The Bertz CT molecular complexity index is 481. The Kier molecular flexibility index (Phi) is 4.91. The molecule has 1 aromatic heterocycles. The SMILES string of the molecule is CCc1nn(C)c(C(=O)N(CC)CC(=O)NC)c1N. The average Bonchev–Trinajstić information content (AvgIpc) is 2.69. The fraction of sp³-hybridized carbons (Fsp3) is 0.583. The summed E-state index contributed by atoms with van der Waals surface area (Å²) in [5.41, 5.74) is 7.37. The molecule has 0 unspecified atom stereocenters. The highest BCUT2D eigenvalue weighted by Crippen LogP contribution is 2.18. The van der Waals surface area contributed by atoms with Crippen LogP contribution in [0.1, 0.15) is 30.0 Å². The van der Waals surface area contributed by atoms with Crippen molar-refractivity contribution in [2.75, 3.05) is 25.9 Å². The molecule has 0 aliphatic rings. The van der Waals surface area contributed by atoms with Gasteiger partial charge in [0.15, 0.2) is 0 Å². The molecule has 0 aliphatic carbocycles. The van der Waals surface area contributed by atoms with Crippen LogP contribution in [0.4, 0.5) is 5.69 Å². The molecule has 1 rings (SSSR count). The molecule has 1 heterocycles. The number of aryl methyl sites for hydroxylation is 2. The number of rotatable bonds is 5. The summed E-state index contributed by atoms with van der Waals surface area (Å²) in [4.78, 5) is 25.2. The van der Waals surface area contributed by atoms with Crippen LogP contribution in [0, 0.1) is 0 Å². The largest absolute Gasteiger partial charge is 0.395 e. The first-order valence-corrected chi connectivity index (χ1v) is 6.27. The van der Waals surface area contributed by atoms with Crippen molar-refractivity contribution < 1.29 is 9.59 Å². The third-order valence-electron chi connectivity index (χ3n) is 2.98. The second-order valence-electron chi connectivity index (χ2n) is 4.18. The zero-order chi connectivity index (χ0) is 14.6. The van der Waals surface area contributed by atoms with Gasteiger partial charge in [-0.2, -0.15) is 5.10 Å². The van der Waals surface area contributed by atoms with Crippen molar-refractivity contribution in [2.24, 2.45) is 7.05 Å². The molecule has 0 atom stereocenters. The molecule has 0 spiro atoms. The number of carbonyl (C=O) groups is 2. The number of anilines is 1. The molecular formula is C12H21N5O2. The smallest absolute Gasteiger partial charge is 0.274 e. The lowest BCUT2D eigenvalue weighted by Crippen LogP contribution is -2.40. The van der Waals surface area contributed by atoms with E-state index in [4.69, 9.17) is 5.73 Å². The number of hydrogen-bond donors (Lipinski definition) is 2. The highest BCUT2D eigenvalue weighted by atomic mass is 16.2. The van der Waals surface area contributed by atoms with Gasteiger partial charge in [0.25, 0.3) is 5.91 Å². The van der Waals surface area contributed by atoms with Gasteiger partial charge in [-0.15, -0.1) is 0 Å². The van der Waals surface area contributed by atoms with Crippen molar-refractivity contribution in [3.05, 3.63) is 11.4 Å². The number of nitrogen functional groups attached to an aromatic ring is 1. The van der Waals surface area contributed by atoms with Crippen molar-refractivity contribution in [2.45, 2.75) is 20.3 Å². The predicted octanol–water partition coefficient (Wildman–Crippen LogP) is -0.227. The second-order valence-corrected chi connectivity index (χ2v) is 4.18. The van der Waals surface area contributed by atoms with Crippen LogP contribution in [0.5, 0.6) is 0 Å². The molecule has 0 fully saturated rings. The van der Waals surface area contributed by atoms with Crippen molar-refractivity contribution in [1.29, 1.82) is 0 Å². The van der Waals surface area contributed by atoms with E-state index in [2.05, 4.69) is 10.4 Å². The molecule has 0 saturated carbocycles. The molecule has 19 heavy (non-hydrogen) atoms. The summed E-state index contributed by atoms with van der Waals surface area (Å²) in [6.45, 7) is 4.18. The summed E-state index contributed by atoms with van der Waals surface area (Å²) in [7, 11) is 3.21. The fourth-order valence-electron chi connectivity index (χ4n) is 1.84. The van der Waals surface area contributed by atoms with Gasteiger partial charge in [0.1, 0.15) is 5.69 Å². The number of aromatic nitrogens is 2. The van der Waals surface area contributed by atoms with Crippen molar-refractivity contribution >= 4 is 17.5 Å². The highest BCUT2D eigenvalue weighted by molar-refractivity contribution is 5.99. The first-order chi connectivity index (χ1) is 8.96. The lowest BCUT2D eigenvalue weighted by atomic mass is 10.2. The van der Waals surface area contributed by atoms with Crippen LogP contribution >= 0.6 is 0 Å². The Balaban J connectivity index is 3.04. The van der Waals surface area contributed by atoms with E-state index in [1.54, 1.807) is 7.05 Å². The number of carbonyl (C=O) groups excluding carboxylic acids is 2. The van der Waals surface area contributed by atoms with E-state index in [0.29, 0.717) is 30.0 Å². The molecule has 2 amide bonds. The normalized spacial score (nSPS) is 10.3. The van der Waals surface area contributed by atoms with Crippen LogP contribution in [-0.4, -0.2) is 46.6 Å². The van der Waals surface area contributed by atoms with Gasteiger partial charge in [-0.1, -0.05) is 6.92 Å². The van der Waals surface area contributed by atoms with Crippen molar-refractivity contribution in [3.8, 4) is 0 Å². The third-order valence-corrected chi connectivity index (χ3v) is 2.98. The molecular weight excluding hydrogens is 246 g/mol. The van der Waals surface area contributed by atoms with Gasteiger partial charge in [0.05, 0.1) is 17.9 Å². The number of nitrogens with zero attached hydrogens (tertiary/aromatic N) is 3. The lowest BCUT2D eigenvalue weighted by molar-refractivity contribution is -0.121. The lowest BCUT2D eigenvalue weighted by Gasteiger charge is -2.20. The highest BCUT2D eigenvalue weighted by Gasteiger charge is 2.24. The summed E-state index contributed by atoms with van der Waals surface area (Å²) in [5.74, 6) is -0.495. The van der Waals surface area contributed by atoms with Crippen LogP contribution in [0.25, 0.3) is 0 Å². The van der Waals surface area contributed by atoms with Crippen LogP contribution in [-0.2, 0) is 18.3 Å². The predicted molar refractivity (Wildman–Crippen MR) is 72.6 cm³/mol. The Morgan fingerprint density at radius 1 is 1.42 bits per heavy atom. The molecule has 0 radical (unpaired) electrons. The number of nitrogens with one attached hydrogen (secondary N) is 1. The van der Waals surface area contributed by atoms with E-state index in [1.807, 2.05) is 13.8 Å². The van der Waals surface area contributed by atoms with Gasteiger partial charge in [0.2, 0.25) is 5.91 Å². The van der Waals surface area contributed by atoms with Gasteiger partial charge in [-0.3, -0.25) is 14.3 Å². The van der Waals surface area contributed by atoms with E-state index < -0.39 is 0 Å². The first kappa shape index (κ1) is 15.0. The molecule has 3 N–H and O–H groups in total. The molecule has 0 aliphatic heterocycles. The summed E-state index contributed by atoms with van der Waals surface area (Å²) < 4.78 is 1.48. The van der Waals surface area contributed by atoms with Gasteiger partial charge >= 0.3 is 0 Å². The minimum absolute atomic E-state index is 0.0118. The molecule has 7 heteroatoms. The van der Waals surface area contributed by atoms with Crippen LogP contribution < -0.4 is 11.1 Å². The molecule has 0 aromatic carbocycles. The number of hydrogen-bond acceptors (Lipinski definition) is 4. The molecule has 106 valence electrons. The number of amides is 2. The maximum Gasteiger partial charge on any atom is 0.274 e. The number of likely N-dealkylation sites (N-methyl/N-ethyl adjacent to an activating group) is 2. The fourth-order valence-corrected chi connectivity index (χ4v) is 1.84.